The van der Waals surface area contributed by atoms with E-state index < -0.39 is 22.4 Å². The number of phenolic OH excluding ortho intramolecular Hbond substituents is 1. The minimum Gasteiger partial charge on any atom is -0.508 e. The summed E-state index contributed by atoms with van der Waals surface area (Å²) < 4.78 is 37.7. The van der Waals surface area contributed by atoms with E-state index in [1.807, 2.05) is 0 Å². The molecule has 2 aromatic rings. The summed E-state index contributed by atoms with van der Waals surface area (Å²) >= 11 is 0.907. The Balaban J connectivity index is 2.42. The highest BCUT2D eigenvalue weighted by atomic mass is 32.2. The molecule has 1 N–H and O–H groups in total. The van der Waals surface area contributed by atoms with E-state index in [2.05, 4.69) is 0 Å². The average molecular weight is 315 g/mol. The van der Waals surface area contributed by atoms with Crippen molar-refractivity contribution in [2.75, 3.05) is 0 Å². The van der Waals surface area contributed by atoms with Gasteiger partial charge < -0.3 is 5.11 Å². The first kappa shape index (κ1) is 15.2. The largest absolute Gasteiger partial charge is 0.508 e. The first-order valence-corrected chi connectivity index (χ1v) is 6.41. The number of phenols is 1. The quantitative estimate of drug-likeness (QED) is 0.670. The zero-order valence-corrected chi connectivity index (χ0v) is 11.1. The van der Waals surface area contributed by atoms with E-state index in [1.165, 1.54) is 18.2 Å². The highest BCUT2D eigenvalue weighted by molar-refractivity contribution is 7.99. The van der Waals surface area contributed by atoms with Crippen LogP contribution in [0.15, 0.2) is 52.3 Å². The van der Waals surface area contributed by atoms with Gasteiger partial charge in [0.25, 0.3) is 5.69 Å². The summed E-state index contributed by atoms with van der Waals surface area (Å²) in [4.78, 5) is 10.6. The number of alkyl halides is 3. The van der Waals surface area contributed by atoms with Crippen molar-refractivity contribution < 1.29 is 23.2 Å². The molecule has 2 rings (SSSR count). The molecular weight excluding hydrogens is 307 g/mol. The highest BCUT2D eigenvalue weighted by Crippen LogP contribution is 2.39. The summed E-state index contributed by atoms with van der Waals surface area (Å²) in [6, 6.07) is 8.26. The van der Waals surface area contributed by atoms with Crippen LogP contribution in [0.5, 0.6) is 5.75 Å². The predicted octanol–water partition coefficient (Wildman–Crippen LogP) is 4.47. The van der Waals surface area contributed by atoms with Crippen molar-refractivity contribution >= 4 is 17.4 Å². The number of benzene rings is 2. The van der Waals surface area contributed by atoms with Gasteiger partial charge in [-0.05, 0) is 30.3 Å². The zero-order chi connectivity index (χ0) is 15.6. The lowest BCUT2D eigenvalue weighted by molar-refractivity contribution is -0.388. The van der Waals surface area contributed by atoms with Crippen molar-refractivity contribution in [1.82, 2.24) is 0 Å². The topological polar surface area (TPSA) is 63.4 Å². The maximum atomic E-state index is 12.6. The molecular formula is C13H8F3NO3S. The number of halogens is 3. The fraction of sp³-hybridized carbons (Fsp3) is 0.0769. The van der Waals surface area contributed by atoms with Crippen molar-refractivity contribution in [3.05, 3.63) is 58.1 Å². The lowest BCUT2D eigenvalue weighted by Crippen LogP contribution is -2.05. The van der Waals surface area contributed by atoms with Crippen LogP contribution in [-0.4, -0.2) is 10.0 Å². The minimum absolute atomic E-state index is 0.0328. The van der Waals surface area contributed by atoms with E-state index in [1.54, 1.807) is 6.07 Å². The van der Waals surface area contributed by atoms with Gasteiger partial charge in [0.05, 0.1) is 15.4 Å². The van der Waals surface area contributed by atoms with Gasteiger partial charge in [-0.3, -0.25) is 10.1 Å². The Morgan fingerprint density at radius 2 is 1.86 bits per heavy atom. The third-order valence-electron chi connectivity index (χ3n) is 2.53. The molecule has 110 valence electrons. The van der Waals surface area contributed by atoms with Gasteiger partial charge in [0, 0.05) is 11.0 Å². The fourth-order valence-corrected chi connectivity index (χ4v) is 2.55. The van der Waals surface area contributed by atoms with Crippen LogP contribution in [0, 0.1) is 10.1 Å². The molecule has 4 nitrogen and oxygen atoms in total. The number of hydrogen-bond acceptors (Lipinski definition) is 4. The van der Waals surface area contributed by atoms with Gasteiger partial charge in [-0.25, -0.2) is 0 Å². The molecule has 0 unspecified atom stereocenters. The van der Waals surface area contributed by atoms with Gasteiger partial charge in [0.15, 0.2) is 0 Å². The first-order valence-electron chi connectivity index (χ1n) is 5.60. The van der Waals surface area contributed by atoms with Gasteiger partial charge in [-0.2, -0.15) is 13.2 Å². The second-order valence-corrected chi connectivity index (χ2v) is 5.15. The van der Waals surface area contributed by atoms with Crippen LogP contribution in [0.25, 0.3) is 0 Å². The summed E-state index contributed by atoms with van der Waals surface area (Å²) in [6.45, 7) is 0. The van der Waals surface area contributed by atoms with E-state index in [0.717, 1.165) is 23.9 Å². The van der Waals surface area contributed by atoms with E-state index in [9.17, 15) is 28.4 Å². The second-order valence-electron chi connectivity index (χ2n) is 4.04. The van der Waals surface area contributed by atoms with Crippen molar-refractivity contribution in [3.63, 3.8) is 0 Å². The molecule has 0 atom stereocenters. The van der Waals surface area contributed by atoms with Crippen LogP contribution in [-0.2, 0) is 6.18 Å². The molecule has 2 aromatic carbocycles. The number of hydrogen-bond donors (Lipinski definition) is 1. The SMILES string of the molecule is O=[N+]([O-])c1cc(C(F)(F)F)ccc1Sc1cccc(O)c1. The normalized spacial score (nSPS) is 11.4. The lowest BCUT2D eigenvalue weighted by atomic mass is 10.2. The molecule has 0 heterocycles. The van der Waals surface area contributed by atoms with Crippen molar-refractivity contribution in [3.8, 4) is 5.75 Å². The van der Waals surface area contributed by atoms with E-state index in [4.69, 9.17) is 0 Å². The minimum atomic E-state index is -4.64. The van der Waals surface area contributed by atoms with Crippen LogP contribution in [0.3, 0.4) is 0 Å². The summed E-state index contributed by atoms with van der Waals surface area (Å²) in [5, 5.41) is 20.3. The standard InChI is InChI=1S/C13H8F3NO3S/c14-13(15,16)8-4-5-12(11(6-8)17(19)20)21-10-3-1-2-9(18)7-10/h1-7,18H. The maximum absolute atomic E-state index is 12.6. The number of nitrogens with zero attached hydrogens (tertiary/aromatic N) is 1. The molecule has 0 fully saturated rings. The zero-order valence-electron chi connectivity index (χ0n) is 10.3. The molecule has 0 radical (unpaired) electrons. The number of aromatic hydroxyl groups is 1. The summed E-state index contributed by atoms with van der Waals surface area (Å²) in [5.74, 6) is -0.0328. The molecule has 0 aliphatic rings. The molecule has 0 amide bonds. The summed E-state index contributed by atoms with van der Waals surface area (Å²) in [5.41, 5.74) is -1.70. The van der Waals surface area contributed by atoms with Crippen LogP contribution < -0.4 is 0 Å². The molecule has 8 heteroatoms. The molecule has 0 spiro atoms. The Morgan fingerprint density at radius 3 is 2.43 bits per heavy atom. The Morgan fingerprint density at radius 1 is 1.14 bits per heavy atom. The van der Waals surface area contributed by atoms with Gasteiger partial charge >= 0.3 is 6.18 Å². The number of nitro benzene ring substituents is 1. The molecule has 0 aromatic heterocycles. The Hall–Kier alpha value is -2.22. The van der Waals surface area contributed by atoms with Crippen molar-refractivity contribution in [1.29, 1.82) is 0 Å². The molecule has 0 bridgehead atoms. The monoisotopic (exact) mass is 315 g/mol. The van der Waals surface area contributed by atoms with Crippen LogP contribution in [0.4, 0.5) is 18.9 Å². The van der Waals surface area contributed by atoms with E-state index in [0.29, 0.717) is 11.0 Å². The Kier molecular flexibility index (Phi) is 4.08. The smallest absolute Gasteiger partial charge is 0.416 e. The molecule has 21 heavy (non-hydrogen) atoms. The van der Waals surface area contributed by atoms with Gasteiger partial charge in [-0.15, -0.1) is 0 Å². The highest BCUT2D eigenvalue weighted by Gasteiger charge is 2.33. The van der Waals surface area contributed by atoms with Gasteiger partial charge in [-0.1, -0.05) is 17.8 Å². The molecule has 0 aliphatic carbocycles. The predicted molar refractivity (Wildman–Crippen MR) is 70.3 cm³/mol. The second kappa shape index (κ2) is 5.65. The van der Waals surface area contributed by atoms with E-state index >= 15 is 0 Å². The van der Waals surface area contributed by atoms with E-state index in [-0.39, 0.29) is 10.6 Å². The third-order valence-corrected chi connectivity index (χ3v) is 3.58. The third kappa shape index (κ3) is 3.66. The fourth-order valence-electron chi connectivity index (χ4n) is 1.60. The molecule has 0 saturated carbocycles. The van der Waals surface area contributed by atoms with Crippen molar-refractivity contribution in [2.24, 2.45) is 0 Å². The average Bonchev–Trinajstić information content (AvgIpc) is 2.37. The number of rotatable bonds is 3. The summed E-state index contributed by atoms with van der Waals surface area (Å²) in [6.07, 6.45) is -4.64. The van der Waals surface area contributed by atoms with Crippen LogP contribution in [0.1, 0.15) is 5.56 Å². The lowest BCUT2D eigenvalue weighted by Gasteiger charge is -2.08. The van der Waals surface area contributed by atoms with Gasteiger partial charge in [0.1, 0.15) is 5.75 Å². The van der Waals surface area contributed by atoms with Crippen LogP contribution in [0.2, 0.25) is 0 Å². The molecule has 0 aliphatic heterocycles. The first-order chi connectivity index (χ1) is 9.77. The molecule has 0 saturated heterocycles. The Bertz CT molecular complexity index is 689. The van der Waals surface area contributed by atoms with Gasteiger partial charge in [0.2, 0.25) is 0 Å². The Labute approximate surface area is 121 Å². The van der Waals surface area contributed by atoms with Crippen LogP contribution >= 0.6 is 11.8 Å². The number of nitro groups is 1. The maximum Gasteiger partial charge on any atom is 0.416 e. The summed E-state index contributed by atoms with van der Waals surface area (Å²) in [7, 11) is 0. The van der Waals surface area contributed by atoms with Crippen molar-refractivity contribution in [2.45, 2.75) is 16.0 Å².